The van der Waals surface area contributed by atoms with Crippen molar-refractivity contribution in [1.82, 2.24) is 0 Å². The Morgan fingerprint density at radius 1 is 1.70 bits per heavy atom. The van der Waals surface area contributed by atoms with E-state index in [4.69, 9.17) is 11.6 Å². The topological polar surface area (TPSA) is 0 Å². The molecule has 0 aliphatic heterocycles. The summed E-state index contributed by atoms with van der Waals surface area (Å²) in [6.07, 6.45) is 1.16. The van der Waals surface area contributed by atoms with E-state index in [0.29, 0.717) is 5.92 Å². The molecule has 0 nitrogen and oxygen atoms in total. The monoisotopic (exact) mass is 174 g/mol. The molecule has 0 saturated carbocycles. The highest BCUT2D eigenvalue weighted by Gasteiger charge is 2.07. The molecule has 0 amide bonds. The van der Waals surface area contributed by atoms with Crippen molar-refractivity contribution in [3.05, 3.63) is 21.3 Å². The van der Waals surface area contributed by atoms with Gasteiger partial charge in [0.1, 0.15) is 0 Å². The molecular formula is C8H11ClS. The van der Waals surface area contributed by atoms with E-state index in [1.807, 2.05) is 5.38 Å². The third-order valence-corrected chi connectivity index (χ3v) is 2.99. The van der Waals surface area contributed by atoms with Crippen molar-refractivity contribution in [2.24, 2.45) is 0 Å². The van der Waals surface area contributed by atoms with Crippen LogP contribution >= 0.6 is 22.9 Å². The molecule has 56 valence electrons. The van der Waals surface area contributed by atoms with Crippen LogP contribution in [-0.4, -0.2) is 0 Å². The number of rotatable bonds is 2. The van der Waals surface area contributed by atoms with Crippen molar-refractivity contribution < 1.29 is 0 Å². The van der Waals surface area contributed by atoms with Gasteiger partial charge >= 0.3 is 0 Å². The highest BCUT2D eigenvalue weighted by atomic mass is 35.5. The van der Waals surface area contributed by atoms with E-state index in [2.05, 4.69) is 19.9 Å². The van der Waals surface area contributed by atoms with Crippen LogP contribution in [0.3, 0.4) is 0 Å². The van der Waals surface area contributed by atoms with Gasteiger partial charge in [0.2, 0.25) is 0 Å². The summed E-state index contributed by atoms with van der Waals surface area (Å²) >= 11 is 7.55. The van der Waals surface area contributed by atoms with Gasteiger partial charge in [-0.05, 0) is 29.3 Å². The molecule has 0 bridgehead atoms. The maximum Gasteiger partial charge on any atom is 0.0963 e. The van der Waals surface area contributed by atoms with Crippen LogP contribution in [0.4, 0.5) is 0 Å². The maximum absolute atomic E-state index is 5.93. The van der Waals surface area contributed by atoms with Crippen molar-refractivity contribution in [2.45, 2.75) is 26.2 Å². The summed E-state index contributed by atoms with van der Waals surface area (Å²) in [6, 6.07) is 2.11. The smallest absolute Gasteiger partial charge is 0.0963 e. The Morgan fingerprint density at radius 2 is 2.40 bits per heavy atom. The lowest BCUT2D eigenvalue weighted by molar-refractivity contribution is 0.737. The fourth-order valence-corrected chi connectivity index (χ4v) is 2.02. The van der Waals surface area contributed by atoms with E-state index in [9.17, 15) is 0 Å². The first-order valence-corrected chi connectivity index (χ1v) is 4.74. The van der Waals surface area contributed by atoms with Crippen LogP contribution < -0.4 is 0 Å². The molecule has 0 aromatic carbocycles. The first-order chi connectivity index (χ1) is 4.75. The molecule has 0 fully saturated rings. The lowest BCUT2D eigenvalue weighted by atomic mass is 10.0. The van der Waals surface area contributed by atoms with Crippen molar-refractivity contribution >= 4 is 22.9 Å². The second kappa shape index (κ2) is 3.40. The number of halogens is 1. The Bertz CT molecular complexity index is 205. The molecule has 10 heavy (non-hydrogen) atoms. The summed E-state index contributed by atoms with van der Waals surface area (Å²) in [5.41, 5.74) is 1.30. The molecule has 1 aromatic rings. The molecule has 0 spiro atoms. The largest absolute Gasteiger partial charge is 0.132 e. The maximum atomic E-state index is 5.93. The molecule has 0 aliphatic carbocycles. The fraction of sp³-hybridized carbons (Fsp3) is 0.500. The fourth-order valence-electron chi connectivity index (χ4n) is 0.879. The summed E-state index contributed by atoms with van der Waals surface area (Å²) in [5.74, 6) is 0.610. The van der Waals surface area contributed by atoms with Gasteiger partial charge in [-0.1, -0.05) is 25.4 Å². The molecule has 0 aliphatic rings. The van der Waals surface area contributed by atoms with Gasteiger partial charge < -0.3 is 0 Å². The lowest BCUT2D eigenvalue weighted by Gasteiger charge is -2.04. The van der Waals surface area contributed by atoms with E-state index >= 15 is 0 Å². The van der Waals surface area contributed by atoms with E-state index < -0.39 is 0 Å². The molecule has 1 unspecified atom stereocenters. The van der Waals surface area contributed by atoms with Crippen molar-refractivity contribution in [1.29, 1.82) is 0 Å². The average Bonchev–Trinajstić information content (AvgIpc) is 2.34. The Kier molecular flexibility index (Phi) is 2.75. The zero-order valence-electron chi connectivity index (χ0n) is 6.23. The minimum atomic E-state index is 0.610. The quantitative estimate of drug-likeness (QED) is 0.638. The van der Waals surface area contributed by atoms with Gasteiger partial charge in [-0.25, -0.2) is 0 Å². The van der Waals surface area contributed by atoms with Gasteiger partial charge in [-0.15, -0.1) is 11.3 Å². The van der Waals surface area contributed by atoms with Gasteiger partial charge in [0.25, 0.3) is 0 Å². The van der Waals surface area contributed by atoms with Crippen LogP contribution in [0, 0.1) is 0 Å². The summed E-state index contributed by atoms with van der Waals surface area (Å²) in [6.45, 7) is 4.38. The Labute approximate surface area is 70.8 Å². The number of hydrogen-bond donors (Lipinski definition) is 0. The van der Waals surface area contributed by atoms with E-state index in [1.54, 1.807) is 11.3 Å². The molecule has 0 radical (unpaired) electrons. The van der Waals surface area contributed by atoms with Gasteiger partial charge in [0.15, 0.2) is 0 Å². The van der Waals surface area contributed by atoms with Crippen molar-refractivity contribution in [3.63, 3.8) is 0 Å². The van der Waals surface area contributed by atoms with Crippen LogP contribution in [0.15, 0.2) is 11.4 Å². The molecule has 1 heterocycles. The van der Waals surface area contributed by atoms with Gasteiger partial charge in [0, 0.05) is 0 Å². The second-order valence-electron chi connectivity index (χ2n) is 2.46. The predicted molar refractivity (Wildman–Crippen MR) is 48.0 cm³/mol. The summed E-state index contributed by atoms with van der Waals surface area (Å²) < 4.78 is 0.953. The zero-order chi connectivity index (χ0) is 7.56. The van der Waals surface area contributed by atoms with Gasteiger partial charge in [0.05, 0.1) is 4.34 Å². The van der Waals surface area contributed by atoms with E-state index in [1.165, 1.54) is 5.56 Å². The Hall–Kier alpha value is -0.0100. The Balaban J connectivity index is 2.82. The van der Waals surface area contributed by atoms with Gasteiger partial charge in [-0.2, -0.15) is 0 Å². The van der Waals surface area contributed by atoms with Crippen LogP contribution in [0.5, 0.6) is 0 Å². The van der Waals surface area contributed by atoms with E-state index in [0.717, 1.165) is 10.8 Å². The van der Waals surface area contributed by atoms with Crippen LogP contribution in [0.25, 0.3) is 0 Å². The van der Waals surface area contributed by atoms with Crippen molar-refractivity contribution in [3.8, 4) is 0 Å². The molecule has 1 rings (SSSR count). The second-order valence-corrected chi connectivity index (χ2v) is 3.98. The van der Waals surface area contributed by atoms with Crippen LogP contribution in [0.2, 0.25) is 4.34 Å². The first-order valence-electron chi connectivity index (χ1n) is 3.48. The summed E-state index contributed by atoms with van der Waals surface area (Å²) in [5, 5.41) is 2.05. The molecule has 1 atom stereocenters. The number of hydrogen-bond acceptors (Lipinski definition) is 1. The Morgan fingerprint density at radius 3 is 2.80 bits per heavy atom. The standard InChI is InChI=1S/C8H11ClS/c1-3-6(2)7-4-5-10-8(7)9/h4-6H,3H2,1-2H3. The summed E-state index contributed by atoms with van der Waals surface area (Å²) in [4.78, 5) is 0. The normalized spacial score (nSPS) is 13.5. The van der Waals surface area contributed by atoms with Crippen LogP contribution in [0.1, 0.15) is 31.7 Å². The highest BCUT2D eigenvalue weighted by molar-refractivity contribution is 7.14. The molecule has 2 heteroatoms. The minimum absolute atomic E-state index is 0.610. The molecule has 1 aromatic heterocycles. The molecule has 0 saturated heterocycles. The molecular weight excluding hydrogens is 164 g/mol. The average molecular weight is 175 g/mol. The lowest BCUT2D eigenvalue weighted by Crippen LogP contribution is -1.87. The first kappa shape index (κ1) is 8.09. The third kappa shape index (κ3) is 1.53. The van der Waals surface area contributed by atoms with Crippen molar-refractivity contribution in [2.75, 3.05) is 0 Å². The zero-order valence-corrected chi connectivity index (χ0v) is 7.80. The minimum Gasteiger partial charge on any atom is -0.132 e. The third-order valence-electron chi connectivity index (χ3n) is 1.79. The SMILES string of the molecule is CCC(C)c1ccsc1Cl. The van der Waals surface area contributed by atoms with E-state index in [-0.39, 0.29) is 0 Å². The summed E-state index contributed by atoms with van der Waals surface area (Å²) in [7, 11) is 0. The van der Waals surface area contributed by atoms with Crippen LogP contribution in [-0.2, 0) is 0 Å². The number of thiophene rings is 1. The highest BCUT2D eigenvalue weighted by Crippen LogP contribution is 2.30. The predicted octanol–water partition coefficient (Wildman–Crippen LogP) is 3.92. The molecule has 0 N–H and O–H groups in total. The van der Waals surface area contributed by atoms with Gasteiger partial charge in [-0.3, -0.25) is 0 Å².